The summed E-state index contributed by atoms with van der Waals surface area (Å²) < 4.78 is 1.80. The number of imide groups is 1. The number of urea groups is 1. The third-order valence-corrected chi connectivity index (χ3v) is 3.82. The first kappa shape index (κ1) is 10.8. The molecule has 3 amide bonds. The molecule has 0 N–H and O–H groups in total. The van der Waals surface area contributed by atoms with Gasteiger partial charge in [0.05, 0.1) is 16.1 Å². The monoisotopic (exact) mass is 268 g/mol. The first-order valence-electron chi connectivity index (χ1n) is 3.83. The van der Waals surface area contributed by atoms with Gasteiger partial charge in [0.1, 0.15) is 5.54 Å². The van der Waals surface area contributed by atoms with Gasteiger partial charge in [-0.05, 0) is 12.8 Å². The number of amides is 3. The van der Waals surface area contributed by atoms with Gasteiger partial charge in [0.15, 0.2) is 0 Å². The summed E-state index contributed by atoms with van der Waals surface area (Å²) >= 11 is 8.54. The van der Waals surface area contributed by atoms with Crippen LogP contribution in [-0.2, 0) is 4.79 Å². The molecule has 1 rings (SSSR count). The van der Waals surface area contributed by atoms with Crippen molar-refractivity contribution >= 4 is 39.9 Å². The van der Waals surface area contributed by atoms with Gasteiger partial charge in [-0.1, -0.05) is 13.8 Å². The molecule has 0 aromatic rings. The molecule has 0 saturated carbocycles. The van der Waals surface area contributed by atoms with Crippen LogP contribution in [0.2, 0.25) is 0 Å². The van der Waals surface area contributed by atoms with Crippen molar-refractivity contribution in [2.24, 2.45) is 5.92 Å². The van der Waals surface area contributed by atoms with Crippen LogP contribution in [-0.4, -0.2) is 25.8 Å². The number of carbonyl (C=O) groups is 2. The summed E-state index contributed by atoms with van der Waals surface area (Å²) in [7, 11) is 0. The van der Waals surface area contributed by atoms with Gasteiger partial charge in [0.25, 0.3) is 5.91 Å². The van der Waals surface area contributed by atoms with Crippen molar-refractivity contribution < 1.29 is 9.59 Å². The van der Waals surface area contributed by atoms with Gasteiger partial charge < -0.3 is 0 Å². The van der Waals surface area contributed by atoms with Gasteiger partial charge in [0, 0.05) is 11.8 Å². The van der Waals surface area contributed by atoms with Crippen molar-refractivity contribution in [2.45, 2.75) is 26.3 Å². The molecule has 1 saturated heterocycles. The van der Waals surface area contributed by atoms with Crippen LogP contribution in [0.4, 0.5) is 4.79 Å². The maximum atomic E-state index is 11.6. The Hall–Kier alpha value is -0.290. The minimum absolute atomic E-state index is 0.00734. The minimum atomic E-state index is -0.890. The molecule has 1 fully saturated rings. The van der Waals surface area contributed by atoms with Gasteiger partial charge in [-0.15, -0.1) is 0 Å². The smallest absolute Gasteiger partial charge is 0.270 e. The average Bonchev–Trinajstić information content (AvgIpc) is 2.22. The molecule has 13 heavy (non-hydrogen) atoms. The highest BCUT2D eigenvalue weighted by atomic mass is 79.9. The Kier molecular flexibility index (Phi) is 2.60. The summed E-state index contributed by atoms with van der Waals surface area (Å²) in [4.78, 5) is 22.9. The molecule has 1 aliphatic heterocycles. The Morgan fingerprint density at radius 2 is 1.92 bits per heavy atom. The number of carbonyl (C=O) groups excluding carboxylic acids is 2. The van der Waals surface area contributed by atoms with Crippen LogP contribution < -0.4 is 0 Å². The second-order valence-electron chi connectivity index (χ2n) is 3.45. The summed E-state index contributed by atoms with van der Waals surface area (Å²) in [5.74, 6) is -0.405. The Labute approximate surface area is 90.3 Å². The summed E-state index contributed by atoms with van der Waals surface area (Å²) in [5.41, 5.74) is -0.890. The van der Waals surface area contributed by atoms with E-state index in [0.717, 1.165) is 0 Å². The van der Waals surface area contributed by atoms with Crippen molar-refractivity contribution in [1.82, 2.24) is 8.34 Å². The van der Waals surface area contributed by atoms with Crippen molar-refractivity contribution in [3.8, 4) is 0 Å². The average molecular weight is 270 g/mol. The number of rotatable bonds is 1. The van der Waals surface area contributed by atoms with Crippen molar-refractivity contribution in [2.75, 3.05) is 0 Å². The molecule has 0 aliphatic carbocycles. The molecular weight excluding hydrogens is 259 g/mol. The normalized spacial score (nSPS) is 29.4. The number of hydrogen-bond donors (Lipinski definition) is 0. The van der Waals surface area contributed by atoms with E-state index in [1.165, 1.54) is 3.93 Å². The van der Waals surface area contributed by atoms with E-state index in [1.54, 1.807) is 6.92 Å². The maximum Gasteiger partial charge on any atom is 0.352 e. The lowest BCUT2D eigenvalue weighted by Crippen LogP contribution is -2.46. The van der Waals surface area contributed by atoms with Crippen LogP contribution in [0.5, 0.6) is 0 Å². The van der Waals surface area contributed by atoms with E-state index in [2.05, 4.69) is 16.1 Å². The van der Waals surface area contributed by atoms with E-state index in [9.17, 15) is 9.59 Å². The first-order valence-corrected chi connectivity index (χ1v) is 4.88. The van der Waals surface area contributed by atoms with Crippen molar-refractivity contribution in [1.29, 1.82) is 0 Å². The van der Waals surface area contributed by atoms with Gasteiger partial charge in [-0.2, -0.15) is 4.42 Å². The van der Waals surface area contributed by atoms with E-state index in [-0.39, 0.29) is 5.92 Å². The molecular formula is C7H10BrClN2O2. The Morgan fingerprint density at radius 1 is 1.46 bits per heavy atom. The fourth-order valence-corrected chi connectivity index (χ4v) is 2.18. The fourth-order valence-electron chi connectivity index (χ4n) is 1.12. The zero-order valence-electron chi connectivity index (χ0n) is 7.54. The zero-order chi connectivity index (χ0) is 10.4. The molecule has 4 nitrogen and oxygen atoms in total. The van der Waals surface area contributed by atoms with Crippen LogP contribution in [0.25, 0.3) is 0 Å². The van der Waals surface area contributed by atoms with Crippen molar-refractivity contribution in [3.05, 3.63) is 0 Å². The molecule has 0 aromatic carbocycles. The topological polar surface area (TPSA) is 40.6 Å². The predicted octanol–water partition coefficient (Wildman–Crippen LogP) is 2.13. The molecule has 0 spiro atoms. The second-order valence-corrected chi connectivity index (χ2v) is 4.50. The summed E-state index contributed by atoms with van der Waals surface area (Å²) in [6, 6.07) is -0.539. The van der Waals surface area contributed by atoms with Crippen molar-refractivity contribution in [3.63, 3.8) is 0 Å². The van der Waals surface area contributed by atoms with Gasteiger partial charge in [-0.25, -0.2) is 8.72 Å². The molecule has 1 atom stereocenters. The third kappa shape index (κ3) is 1.25. The lowest BCUT2D eigenvalue weighted by atomic mass is 9.89. The molecule has 0 aromatic heterocycles. The maximum absolute atomic E-state index is 11.6. The molecule has 6 heteroatoms. The highest BCUT2D eigenvalue weighted by Crippen LogP contribution is 2.37. The largest absolute Gasteiger partial charge is 0.352 e. The number of hydrogen-bond acceptors (Lipinski definition) is 2. The van der Waals surface area contributed by atoms with Crippen LogP contribution in [0.3, 0.4) is 0 Å². The Balaban J connectivity index is 3.13. The summed E-state index contributed by atoms with van der Waals surface area (Å²) in [6.07, 6.45) is 0. The molecule has 0 unspecified atom stereocenters. The lowest BCUT2D eigenvalue weighted by molar-refractivity contribution is -0.130. The van der Waals surface area contributed by atoms with Gasteiger partial charge in [-0.3, -0.25) is 4.79 Å². The standard InChI is InChI=1S/C7H10BrClN2O2/c1-4(2)7(3)5(12)10(9)6(13)11(7)8/h4H,1-3H3/t7-/m0/s1. The van der Waals surface area contributed by atoms with E-state index in [4.69, 9.17) is 11.8 Å². The van der Waals surface area contributed by atoms with Crippen LogP contribution in [0, 0.1) is 5.92 Å². The number of nitrogens with zero attached hydrogens (tertiary/aromatic N) is 2. The lowest BCUT2D eigenvalue weighted by Gasteiger charge is -2.29. The zero-order valence-corrected chi connectivity index (χ0v) is 9.89. The van der Waals surface area contributed by atoms with E-state index in [1.807, 2.05) is 13.8 Å². The summed E-state index contributed by atoms with van der Waals surface area (Å²) in [6.45, 7) is 5.39. The van der Waals surface area contributed by atoms with Crippen LogP contribution >= 0.6 is 27.9 Å². The van der Waals surface area contributed by atoms with E-state index < -0.39 is 17.5 Å². The first-order chi connectivity index (χ1) is 5.83. The van der Waals surface area contributed by atoms with Gasteiger partial charge >= 0.3 is 6.03 Å². The minimum Gasteiger partial charge on any atom is -0.270 e. The quantitative estimate of drug-likeness (QED) is 0.540. The Bertz CT molecular complexity index is 271. The summed E-state index contributed by atoms with van der Waals surface area (Å²) in [5, 5.41) is 0. The highest BCUT2D eigenvalue weighted by molar-refractivity contribution is 9.07. The van der Waals surface area contributed by atoms with Gasteiger partial charge in [0.2, 0.25) is 0 Å². The molecule has 1 aliphatic rings. The molecule has 74 valence electrons. The van der Waals surface area contributed by atoms with E-state index >= 15 is 0 Å². The SMILES string of the molecule is CC(C)[C@@]1(C)C(=O)N(Cl)C(=O)N1Br. The fraction of sp³-hybridized carbons (Fsp3) is 0.714. The van der Waals surface area contributed by atoms with Crippen LogP contribution in [0.15, 0.2) is 0 Å². The second kappa shape index (κ2) is 3.13. The third-order valence-electron chi connectivity index (χ3n) is 2.48. The van der Waals surface area contributed by atoms with Crippen LogP contribution in [0.1, 0.15) is 20.8 Å². The molecule has 0 bridgehead atoms. The van der Waals surface area contributed by atoms with E-state index in [0.29, 0.717) is 4.42 Å². The number of halogens is 2. The molecule has 1 heterocycles. The molecule has 0 radical (unpaired) electrons. The highest BCUT2D eigenvalue weighted by Gasteiger charge is 2.55. The Morgan fingerprint density at radius 3 is 2.08 bits per heavy atom. The predicted molar refractivity (Wildman–Crippen MR) is 52.1 cm³/mol.